The summed E-state index contributed by atoms with van der Waals surface area (Å²) in [5, 5.41) is 7.83. The Hall–Kier alpha value is -0.900. The minimum Gasteiger partial charge on any atom is -0.317 e. The van der Waals surface area contributed by atoms with E-state index in [9.17, 15) is 0 Å². The smallest absolute Gasteiger partial charge is 0.138 e. The van der Waals surface area contributed by atoms with Crippen LogP contribution in [0.25, 0.3) is 0 Å². The van der Waals surface area contributed by atoms with Gasteiger partial charge < -0.3 is 5.32 Å². The highest BCUT2D eigenvalue weighted by Gasteiger charge is 2.24. The number of aromatic nitrogens is 3. The molecule has 4 heteroatoms. The summed E-state index contributed by atoms with van der Waals surface area (Å²) < 4.78 is 2.08. The molecule has 1 aliphatic rings. The van der Waals surface area contributed by atoms with E-state index in [-0.39, 0.29) is 0 Å². The van der Waals surface area contributed by atoms with Crippen LogP contribution in [-0.2, 0) is 13.0 Å². The van der Waals surface area contributed by atoms with Crippen molar-refractivity contribution in [3.63, 3.8) is 0 Å². The molecule has 0 spiro atoms. The molecule has 1 saturated carbocycles. The molecule has 1 aliphatic carbocycles. The fraction of sp³-hybridized carbons (Fsp3) is 0.857. The predicted octanol–water partition coefficient (Wildman–Crippen LogP) is 2.40. The first kappa shape index (κ1) is 13.5. The van der Waals surface area contributed by atoms with Crippen LogP contribution < -0.4 is 5.32 Å². The average Bonchev–Trinajstić information content (AvgIpc) is 2.68. The van der Waals surface area contributed by atoms with Gasteiger partial charge in [0.2, 0.25) is 0 Å². The highest BCUT2D eigenvalue weighted by molar-refractivity contribution is 4.91. The summed E-state index contributed by atoms with van der Waals surface area (Å²) >= 11 is 0. The minimum absolute atomic E-state index is 0.652. The molecule has 1 N–H and O–H groups in total. The molecular weight excluding hydrogens is 224 g/mol. The maximum atomic E-state index is 4.45. The van der Waals surface area contributed by atoms with Gasteiger partial charge in [0, 0.05) is 19.0 Å². The van der Waals surface area contributed by atoms with Gasteiger partial charge in [-0.25, -0.2) is 4.98 Å². The van der Waals surface area contributed by atoms with Gasteiger partial charge in [0.15, 0.2) is 0 Å². The lowest BCUT2D eigenvalue weighted by atomic mass is 9.91. The summed E-state index contributed by atoms with van der Waals surface area (Å²) in [5.74, 6) is 1.89. The van der Waals surface area contributed by atoms with Crippen LogP contribution >= 0.6 is 0 Å². The van der Waals surface area contributed by atoms with E-state index in [4.69, 9.17) is 0 Å². The predicted molar refractivity (Wildman–Crippen MR) is 73.4 cm³/mol. The van der Waals surface area contributed by atoms with Gasteiger partial charge >= 0.3 is 0 Å². The van der Waals surface area contributed by atoms with Crippen molar-refractivity contribution in [1.82, 2.24) is 20.1 Å². The largest absolute Gasteiger partial charge is 0.317 e. The summed E-state index contributed by atoms with van der Waals surface area (Å²) in [5.41, 5.74) is 0. The quantitative estimate of drug-likeness (QED) is 0.816. The Kier molecular flexibility index (Phi) is 5.17. The second kappa shape index (κ2) is 6.88. The van der Waals surface area contributed by atoms with Crippen LogP contribution in [0.15, 0.2) is 6.33 Å². The van der Waals surface area contributed by atoms with Crippen LogP contribution in [-0.4, -0.2) is 27.9 Å². The Labute approximate surface area is 110 Å². The van der Waals surface area contributed by atoms with Crippen LogP contribution in [0.4, 0.5) is 0 Å². The Morgan fingerprint density at radius 1 is 1.33 bits per heavy atom. The number of aryl methyl sites for hydroxylation is 1. The zero-order chi connectivity index (χ0) is 12.8. The molecule has 4 nitrogen and oxygen atoms in total. The van der Waals surface area contributed by atoms with Gasteiger partial charge in [-0.1, -0.05) is 26.2 Å². The fourth-order valence-corrected chi connectivity index (χ4v) is 3.09. The van der Waals surface area contributed by atoms with Crippen molar-refractivity contribution in [2.45, 2.75) is 64.5 Å². The maximum Gasteiger partial charge on any atom is 0.138 e. The molecule has 1 heterocycles. The molecule has 2 unspecified atom stereocenters. The van der Waals surface area contributed by atoms with Gasteiger partial charge in [-0.15, -0.1) is 0 Å². The molecule has 0 aromatic carbocycles. The zero-order valence-corrected chi connectivity index (χ0v) is 11.7. The van der Waals surface area contributed by atoms with E-state index < -0.39 is 0 Å². The van der Waals surface area contributed by atoms with Crippen LogP contribution in [0.1, 0.15) is 51.3 Å². The standard InChI is InChI=1S/C14H26N4/c1-3-9-18-14(16-11-17-18)10-12-7-5-4-6-8-13(12)15-2/h11-13,15H,3-10H2,1-2H3. The van der Waals surface area contributed by atoms with Crippen molar-refractivity contribution in [3.8, 4) is 0 Å². The molecule has 102 valence electrons. The molecule has 18 heavy (non-hydrogen) atoms. The van der Waals surface area contributed by atoms with Crippen LogP contribution in [0, 0.1) is 5.92 Å². The highest BCUT2D eigenvalue weighted by atomic mass is 15.3. The Morgan fingerprint density at radius 3 is 2.94 bits per heavy atom. The zero-order valence-electron chi connectivity index (χ0n) is 11.7. The topological polar surface area (TPSA) is 42.7 Å². The van der Waals surface area contributed by atoms with Crippen LogP contribution in [0.3, 0.4) is 0 Å². The average molecular weight is 250 g/mol. The van der Waals surface area contributed by atoms with Crippen molar-refractivity contribution in [1.29, 1.82) is 0 Å². The summed E-state index contributed by atoms with van der Waals surface area (Å²) in [6.45, 7) is 3.18. The molecule has 2 atom stereocenters. The van der Waals surface area contributed by atoms with Gasteiger partial charge in [0.25, 0.3) is 0 Å². The third-order valence-electron chi connectivity index (χ3n) is 4.11. The monoisotopic (exact) mass is 250 g/mol. The van der Waals surface area contributed by atoms with Gasteiger partial charge in [-0.3, -0.25) is 4.68 Å². The van der Waals surface area contributed by atoms with Crippen molar-refractivity contribution < 1.29 is 0 Å². The third kappa shape index (κ3) is 3.31. The number of nitrogens with zero attached hydrogens (tertiary/aromatic N) is 3. The van der Waals surface area contributed by atoms with Crippen molar-refractivity contribution >= 4 is 0 Å². The SMILES string of the molecule is CCCn1ncnc1CC1CCCCCC1NC. The first-order valence-electron chi connectivity index (χ1n) is 7.39. The molecule has 0 amide bonds. The molecule has 0 saturated heterocycles. The van der Waals surface area contributed by atoms with E-state index in [1.54, 1.807) is 6.33 Å². The summed E-state index contributed by atoms with van der Waals surface area (Å²) in [7, 11) is 2.10. The summed E-state index contributed by atoms with van der Waals surface area (Å²) in [6.07, 6.45) is 10.6. The first-order chi connectivity index (χ1) is 8.85. The van der Waals surface area contributed by atoms with Crippen molar-refractivity contribution in [2.75, 3.05) is 7.05 Å². The van der Waals surface area contributed by atoms with E-state index in [0.29, 0.717) is 6.04 Å². The van der Waals surface area contributed by atoms with E-state index in [2.05, 4.69) is 34.1 Å². The van der Waals surface area contributed by atoms with Crippen LogP contribution in [0.5, 0.6) is 0 Å². The molecule has 1 fully saturated rings. The molecular formula is C14H26N4. The lowest BCUT2D eigenvalue weighted by molar-refractivity contribution is 0.339. The second-order valence-electron chi connectivity index (χ2n) is 5.40. The molecule has 1 aromatic rings. The normalized spacial score (nSPS) is 25.0. The Morgan fingerprint density at radius 2 is 2.17 bits per heavy atom. The number of hydrogen-bond acceptors (Lipinski definition) is 3. The number of rotatable bonds is 5. The van der Waals surface area contributed by atoms with E-state index in [0.717, 1.165) is 25.3 Å². The lowest BCUT2D eigenvalue weighted by Gasteiger charge is -2.24. The third-order valence-corrected chi connectivity index (χ3v) is 4.11. The van der Waals surface area contributed by atoms with E-state index in [1.807, 2.05) is 0 Å². The molecule has 0 radical (unpaired) electrons. The van der Waals surface area contributed by atoms with Crippen LogP contribution in [0.2, 0.25) is 0 Å². The van der Waals surface area contributed by atoms with Gasteiger partial charge in [0.05, 0.1) is 0 Å². The first-order valence-corrected chi connectivity index (χ1v) is 7.39. The molecule has 0 aliphatic heterocycles. The van der Waals surface area contributed by atoms with E-state index >= 15 is 0 Å². The molecule has 1 aromatic heterocycles. The van der Waals surface area contributed by atoms with E-state index in [1.165, 1.54) is 37.9 Å². The lowest BCUT2D eigenvalue weighted by Crippen LogP contribution is -2.34. The van der Waals surface area contributed by atoms with Gasteiger partial charge in [-0.2, -0.15) is 5.10 Å². The van der Waals surface area contributed by atoms with Crippen molar-refractivity contribution in [3.05, 3.63) is 12.2 Å². The van der Waals surface area contributed by atoms with Gasteiger partial charge in [-0.05, 0) is 32.2 Å². The number of hydrogen-bond donors (Lipinski definition) is 1. The molecule has 0 bridgehead atoms. The second-order valence-corrected chi connectivity index (χ2v) is 5.40. The van der Waals surface area contributed by atoms with Gasteiger partial charge in [0.1, 0.15) is 12.2 Å². The Bertz CT molecular complexity index is 347. The number of nitrogens with one attached hydrogen (secondary N) is 1. The fourth-order valence-electron chi connectivity index (χ4n) is 3.09. The van der Waals surface area contributed by atoms with Crippen molar-refractivity contribution in [2.24, 2.45) is 5.92 Å². The maximum absolute atomic E-state index is 4.45. The summed E-state index contributed by atoms with van der Waals surface area (Å²) in [6, 6.07) is 0.652. The molecule has 2 rings (SSSR count). The Balaban J connectivity index is 2.03. The highest BCUT2D eigenvalue weighted by Crippen LogP contribution is 2.26. The minimum atomic E-state index is 0.652. The summed E-state index contributed by atoms with van der Waals surface area (Å²) in [4.78, 5) is 4.45.